The molecule has 3 N–H and O–H groups in total. The van der Waals surface area contributed by atoms with Gasteiger partial charge < -0.3 is 11.1 Å². The Balaban J connectivity index is 2.10. The Bertz CT molecular complexity index is 503. The summed E-state index contributed by atoms with van der Waals surface area (Å²) in [6.45, 7) is 2.67. The maximum absolute atomic E-state index is 5.92. The summed E-state index contributed by atoms with van der Waals surface area (Å²) < 4.78 is 2.89. The molecule has 0 amide bonds. The average molecular weight is 301 g/mol. The van der Waals surface area contributed by atoms with Crippen LogP contribution in [0.2, 0.25) is 0 Å². The molecule has 0 radical (unpaired) electrons. The zero-order valence-corrected chi connectivity index (χ0v) is 11.5. The van der Waals surface area contributed by atoms with Crippen LogP contribution in [0.25, 0.3) is 0 Å². The molecule has 0 bridgehead atoms. The quantitative estimate of drug-likeness (QED) is 0.916. The summed E-state index contributed by atoms with van der Waals surface area (Å²) in [5.74, 6) is 0.877. The number of halogens is 1. The van der Waals surface area contributed by atoms with Gasteiger partial charge in [0.15, 0.2) is 0 Å². The molecule has 0 unspecified atom stereocenters. The van der Waals surface area contributed by atoms with Crippen LogP contribution in [0.1, 0.15) is 10.6 Å². The van der Waals surface area contributed by atoms with Crippen LogP contribution in [0.4, 0.5) is 11.5 Å². The number of aryl methyl sites for hydroxylation is 2. The molecule has 2 heterocycles. The number of nitrogens with zero attached hydrogens (tertiary/aromatic N) is 2. The molecule has 6 heteroatoms. The normalized spacial score (nSPS) is 10.7. The summed E-state index contributed by atoms with van der Waals surface area (Å²) in [4.78, 5) is 1.25. The molecule has 4 nitrogen and oxygen atoms in total. The lowest BCUT2D eigenvalue weighted by molar-refractivity contribution is 0.758. The van der Waals surface area contributed by atoms with Gasteiger partial charge in [-0.25, -0.2) is 0 Å². The first-order valence-electron chi connectivity index (χ1n) is 4.84. The van der Waals surface area contributed by atoms with Gasteiger partial charge >= 0.3 is 0 Å². The minimum Gasteiger partial charge on any atom is -0.394 e. The molecule has 2 rings (SSSR count). The molecule has 2 aromatic rings. The predicted octanol–water partition coefficient (Wildman–Crippen LogP) is 2.75. The number of rotatable bonds is 3. The van der Waals surface area contributed by atoms with E-state index in [0.29, 0.717) is 0 Å². The summed E-state index contributed by atoms with van der Waals surface area (Å²) in [6.07, 6.45) is 0. The monoisotopic (exact) mass is 300 g/mol. The molecule has 0 aliphatic rings. The predicted molar refractivity (Wildman–Crippen MR) is 71.7 cm³/mol. The third-order valence-corrected chi connectivity index (χ3v) is 4.02. The molecule has 0 aromatic carbocycles. The second-order valence-corrected chi connectivity index (χ2v) is 5.47. The van der Waals surface area contributed by atoms with Crippen LogP contribution in [-0.2, 0) is 13.6 Å². The van der Waals surface area contributed by atoms with E-state index < -0.39 is 0 Å². The first-order chi connectivity index (χ1) is 7.58. The zero-order chi connectivity index (χ0) is 11.7. The minimum absolute atomic E-state index is 0.720. The van der Waals surface area contributed by atoms with Gasteiger partial charge in [-0.3, -0.25) is 4.68 Å². The SMILES string of the molecule is Cc1nn(C)c(NCc2cc(Br)cs2)c1N. The lowest BCUT2D eigenvalue weighted by Gasteiger charge is -2.05. The molecule has 0 atom stereocenters. The van der Waals surface area contributed by atoms with Gasteiger partial charge in [-0.05, 0) is 28.9 Å². The largest absolute Gasteiger partial charge is 0.394 e. The standard InChI is InChI=1S/C10H13BrN4S/c1-6-9(12)10(15(2)14-6)13-4-8-3-7(11)5-16-8/h3,5,13H,4,12H2,1-2H3. The van der Waals surface area contributed by atoms with Crippen LogP contribution in [0, 0.1) is 6.92 Å². The van der Waals surface area contributed by atoms with Crippen LogP contribution in [0.3, 0.4) is 0 Å². The number of thiophene rings is 1. The first-order valence-corrected chi connectivity index (χ1v) is 6.51. The summed E-state index contributed by atoms with van der Waals surface area (Å²) in [5.41, 5.74) is 7.50. The highest BCUT2D eigenvalue weighted by Crippen LogP contribution is 2.24. The fraction of sp³-hybridized carbons (Fsp3) is 0.300. The van der Waals surface area contributed by atoms with Gasteiger partial charge in [-0.15, -0.1) is 11.3 Å². The number of nitrogen functional groups attached to an aromatic ring is 1. The van der Waals surface area contributed by atoms with E-state index in [1.54, 1.807) is 16.0 Å². The summed E-state index contributed by atoms with van der Waals surface area (Å²) >= 11 is 5.14. The van der Waals surface area contributed by atoms with Crippen LogP contribution in [-0.4, -0.2) is 9.78 Å². The van der Waals surface area contributed by atoms with Crippen molar-refractivity contribution in [1.29, 1.82) is 0 Å². The van der Waals surface area contributed by atoms with Crippen LogP contribution < -0.4 is 11.1 Å². The van der Waals surface area contributed by atoms with E-state index in [0.717, 1.165) is 28.2 Å². The molecule has 0 spiro atoms. The maximum atomic E-state index is 5.92. The molecule has 16 heavy (non-hydrogen) atoms. The van der Waals surface area contributed by atoms with E-state index in [-0.39, 0.29) is 0 Å². The zero-order valence-electron chi connectivity index (χ0n) is 9.12. The van der Waals surface area contributed by atoms with Gasteiger partial charge in [-0.1, -0.05) is 0 Å². The highest BCUT2D eigenvalue weighted by Gasteiger charge is 2.09. The fourth-order valence-electron chi connectivity index (χ4n) is 1.50. The lowest BCUT2D eigenvalue weighted by atomic mass is 10.4. The Kier molecular flexibility index (Phi) is 3.20. The Morgan fingerprint density at radius 1 is 1.62 bits per heavy atom. The summed E-state index contributed by atoms with van der Waals surface area (Å²) in [7, 11) is 1.88. The van der Waals surface area contributed by atoms with E-state index in [2.05, 4.69) is 37.8 Å². The second kappa shape index (κ2) is 4.47. The second-order valence-electron chi connectivity index (χ2n) is 3.56. The van der Waals surface area contributed by atoms with Gasteiger partial charge in [0.05, 0.1) is 17.9 Å². The van der Waals surface area contributed by atoms with Gasteiger partial charge in [-0.2, -0.15) is 5.10 Å². The fourth-order valence-corrected chi connectivity index (χ4v) is 2.89. The van der Waals surface area contributed by atoms with Gasteiger partial charge in [0.1, 0.15) is 5.82 Å². The van der Waals surface area contributed by atoms with Gasteiger partial charge in [0.2, 0.25) is 0 Å². The van der Waals surface area contributed by atoms with E-state index >= 15 is 0 Å². The molecule has 0 fully saturated rings. The van der Waals surface area contributed by atoms with Crippen LogP contribution >= 0.6 is 27.3 Å². The third-order valence-electron chi connectivity index (χ3n) is 2.32. The highest BCUT2D eigenvalue weighted by molar-refractivity contribution is 9.10. The van der Waals surface area contributed by atoms with Gasteiger partial charge in [0.25, 0.3) is 0 Å². The Hall–Kier alpha value is -1.01. The van der Waals surface area contributed by atoms with Crippen molar-refractivity contribution < 1.29 is 0 Å². The topological polar surface area (TPSA) is 55.9 Å². The third kappa shape index (κ3) is 2.22. The van der Waals surface area contributed by atoms with E-state index in [9.17, 15) is 0 Å². The van der Waals surface area contributed by atoms with Crippen molar-refractivity contribution in [3.8, 4) is 0 Å². The first kappa shape index (κ1) is 11.5. The smallest absolute Gasteiger partial charge is 0.148 e. The van der Waals surface area contributed by atoms with Crippen molar-refractivity contribution in [3.05, 3.63) is 26.5 Å². The number of aromatic nitrogens is 2. The maximum Gasteiger partial charge on any atom is 0.148 e. The van der Waals surface area contributed by atoms with Crippen molar-refractivity contribution in [2.75, 3.05) is 11.1 Å². The van der Waals surface area contributed by atoms with Crippen molar-refractivity contribution in [3.63, 3.8) is 0 Å². The lowest BCUT2D eigenvalue weighted by Crippen LogP contribution is -2.05. The van der Waals surface area contributed by atoms with Crippen molar-refractivity contribution in [2.45, 2.75) is 13.5 Å². The number of nitrogens with one attached hydrogen (secondary N) is 1. The molecule has 0 saturated heterocycles. The molecular formula is C10H13BrN4S. The average Bonchev–Trinajstić information content (AvgIpc) is 2.72. The number of hydrogen-bond acceptors (Lipinski definition) is 4. The van der Waals surface area contributed by atoms with Gasteiger partial charge in [0, 0.05) is 21.8 Å². The van der Waals surface area contributed by atoms with Crippen molar-refractivity contribution in [1.82, 2.24) is 9.78 Å². The number of hydrogen-bond donors (Lipinski definition) is 2. The number of nitrogens with two attached hydrogens (primary N) is 1. The van der Waals surface area contributed by atoms with Crippen molar-refractivity contribution in [2.24, 2.45) is 7.05 Å². The summed E-state index contributed by atoms with van der Waals surface area (Å²) in [6, 6.07) is 2.09. The molecule has 0 aliphatic heterocycles. The molecular weight excluding hydrogens is 288 g/mol. The van der Waals surface area contributed by atoms with Crippen LogP contribution in [0.15, 0.2) is 15.9 Å². The molecule has 86 valence electrons. The summed E-state index contributed by atoms with van der Waals surface area (Å²) in [5, 5.41) is 9.61. The molecule has 2 aromatic heterocycles. The van der Waals surface area contributed by atoms with Crippen molar-refractivity contribution >= 4 is 38.8 Å². The Morgan fingerprint density at radius 2 is 2.38 bits per heavy atom. The number of anilines is 2. The molecule has 0 saturated carbocycles. The van der Waals surface area contributed by atoms with E-state index in [4.69, 9.17) is 5.73 Å². The minimum atomic E-state index is 0.720. The van der Waals surface area contributed by atoms with E-state index in [1.807, 2.05) is 14.0 Å². The molecule has 0 aliphatic carbocycles. The van der Waals surface area contributed by atoms with E-state index in [1.165, 1.54) is 4.88 Å². The Morgan fingerprint density at radius 3 is 2.88 bits per heavy atom. The Labute approximate surface area is 107 Å². The van der Waals surface area contributed by atoms with Crippen LogP contribution in [0.5, 0.6) is 0 Å². The highest BCUT2D eigenvalue weighted by atomic mass is 79.9.